The van der Waals surface area contributed by atoms with Gasteiger partial charge in [-0.25, -0.2) is 0 Å². The summed E-state index contributed by atoms with van der Waals surface area (Å²) in [5, 5.41) is 3.76. The second-order valence-electron chi connectivity index (χ2n) is 6.28. The van der Waals surface area contributed by atoms with E-state index >= 15 is 0 Å². The Kier molecular flexibility index (Phi) is 5.87. The van der Waals surface area contributed by atoms with Crippen molar-refractivity contribution < 1.29 is 0 Å². The summed E-state index contributed by atoms with van der Waals surface area (Å²) >= 11 is 0. The van der Waals surface area contributed by atoms with Gasteiger partial charge in [-0.1, -0.05) is 71.4 Å². The molecular formula is C17H29N. The van der Waals surface area contributed by atoms with Crippen molar-refractivity contribution in [2.45, 2.75) is 53.5 Å². The van der Waals surface area contributed by atoms with Crippen LogP contribution in [0.2, 0.25) is 0 Å². The maximum Gasteiger partial charge on any atom is 0.0320 e. The van der Waals surface area contributed by atoms with Gasteiger partial charge >= 0.3 is 0 Å². The topological polar surface area (TPSA) is 12.0 Å². The molecule has 1 heteroatoms. The Bertz CT molecular complexity index is 327. The molecule has 1 nitrogen and oxygen atoms in total. The third kappa shape index (κ3) is 4.45. The van der Waals surface area contributed by atoms with E-state index in [0.717, 1.165) is 6.54 Å². The Morgan fingerprint density at radius 3 is 2.22 bits per heavy atom. The predicted molar refractivity (Wildman–Crippen MR) is 80.7 cm³/mol. The monoisotopic (exact) mass is 247 g/mol. The van der Waals surface area contributed by atoms with Crippen molar-refractivity contribution in [3.8, 4) is 0 Å². The second kappa shape index (κ2) is 6.94. The Morgan fingerprint density at radius 2 is 1.72 bits per heavy atom. The Balaban J connectivity index is 2.65. The van der Waals surface area contributed by atoms with Crippen molar-refractivity contribution in [3.05, 3.63) is 35.9 Å². The first-order chi connectivity index (χ1) is 8.47. The molecule has 1 rings (SSSR count). The smallest absolute Gasteiger partial charge is 0.0320 e. The molecule has 0 heterocycles. The Hall–Kier alpha value is -0.820. The quantitative estimate of drug-likeness (QED) is 0.730. The molecule has 0 radical (unpaired) electrons. The van der Waals surface area contributed by atoms with E-state index in [4.69, 9.17) is 0 Å². The van der Waals surface area contributed by atoms with E-state index < -0.39 is 0 Å². The molecule has 0 aromatic heterocycles. The van der Waals surface area contributed by atoms with Crippen LogP contribution < -0.4 is 5.32 Å². The number of benzene rings is 1. The molecular weight excluding hydrogens is 218 g/mol. The normalized spacial score (nSPS) is 13.9. The van der Waals surface area contributed by atoms with Gasteiger partial charge in [0.25, 0.3) is 0 Å². The zero-order chi connectivity index (χ0) is 13.6. The van der Waals surface area contributed by atoms with Crippen LogP contribution in [-0.4, -0.2) is 6.54 Å². The van der Waals surface area contributed by atoms with Crippen molar-refractivity contribution in [3.63, 3.8) is 0 Å². The van der Waals surface area contributed by atoms with E-state index in [-0.39, 0.29) is 0 Å². The van der Waals surface area contributed by atoms with Gasteiger partial charge in [0.15, 0.2) is 0 Å². The maximum absolute atomic E-state index is 3.76. The molecule has 0 saturated carbocycles. The molecule has 0 aliphatic carbocycles. The van der Waals surface area contributed by atoms with Gasteiger partial charge in [0, 0.05) is 12.6 Å². The van der Waals surface area contributed by atoms with Gasteiger partial charge in [-0.3, -0.25) is 0 Å². The molecule has 1 unspecified atom stereocenters. The third-order valence-corrected chi connectivity index (χ3v) is 4.15. The van der Waals surface area contributed by atoms with E-state index in [1.807, 2.05) is 0 Å². The molecule has 0 amide bonds. The van der Waals surface area contributed by atoms with Gasteiger partial charge in [0.1, 0.15) is 0 Å². The van der Waals surface area contributed by atoms with E-state index in [1.165, 1.54) is 18.4 Å². The minimum atomic E-state index is 0.348. The molecule has 0 aliphatic rings. The van der Waals surface area contributed by atoms with Gasteiger partial charge < -0.3 is 5.32 Å². The Morgan fingerprint density at radius 1 is 1.11 bits per heavy atom. The van der Waals surface area contributed by atoms with Crippen LogP contribution in [0.25, 0.3) is 0 Å². The highest BCUT2D eigenvalue weighted by atomic mass is 14.9. The van der Waals surface area contributed by atoms with Crippen LogP contribution in [0.5, 0.6) is 0 Å². The highest BCUT2D eigenvalue weighted by Gasteiger charge is 2.23. The zero-order valence-electron chi connectivity index (χ0n) is 12.7. The molecule has 1 aromatic rings. The van der Waals surface area contributed by atoms with Gasteiger partial charge in [-0.05, 0) is 23.3 Å². The molecule has 1 aromatic carbocycles. The van der Waals surface area contributed by atoms with Crippen molar-refractivity contribution in [2.75, 3.05) is 6.54 Å². The summed E-state index contributed by atoms with van der Waals surface area (Å²) in [7, 11) is 0. The molecule has 0 bridgehead atoms. The predicted octanol–water partition coefficient (Wildman–Crippen LogP) is 4.80. The first-order valence-corrected chi connectivity index (χ1v) is 7.25. The Labute approximate surface area is 113 Å². The van der Waals surface area contributed by atoms with Gasteiger partial charge in [-0.15, -0.1) is 0 Å². The number of hydrogen-bond donors (Lipinski definition) is 1. The fourth-order valence-corrected chi connectivity index (χ4v) is 1.95. The molecule has 0 saturated heterocycles. The summed E-state index contributed by atoms with van der Waals surface area (Å²) in [5.74, 6) is 0.697. The third-order valence-electron chi connectivity index (χ3n) is 4.15. The number of hydrogen-bond acceptors (Lipinski definition) is 1. The van der Waals surface area contributed by atoms with E-state index in [9.17, 15) is 0 Å². The lowest BCUT2D eigenvalue weighted by Crippen LogP contribution is -2.35. The van der Waals surface area contributed by atoms with Gasteiger partial charge in [0.05, 0.1) is 0 Å². The molecule has 102 valence electrons. The lowest BCUT2D eigenvalue weighted by molar-refractivity contribution is 0.226. The van der Waals surface area contributed by atoms with Crippen molar-refractivity contribution >= 4 is 0 Å². The highest BCUT2D eigenvalue weighted by Crippen LogP contribution is 2.27. The standard InChI is InChI=1S/C17H29N/c1-6-10-16(15-11-8-7-9-12-15)18-13-17(4,5)14(2)3/h7-9,11-12,14,16,18H,6,10,13H2,1-5H3. The first-order valence-electron chi connectivity index (χ1n) is 7.25. The second-order valence-corrected chi connectivity index (χ2v) is 6.28. The van der Waals surface area contributed by atoms with Crippen LogP contribution in [0.15, 0.2) is 30.3 Å². The summed E-state index contributed by atoms with van der Waals surface area (Å²) < 4.78 is 0. The van der Waals surface area contributed by atoms with Crippen molar-refractivity contribution in [2.24, 2.45) is 11.3 Å². The van der Waals surface area contributed by atoms with Crippen molar-refractivity contribution in [1.82, 2.24) is 5.32 Å². The number of rotatable bonds is 7. The molecule has 18 heavy (non-hydrogen) atoms. The van der Waals surface area contributed by atoms with E-state index in [2.05, 4.69) is 70.3 Å². The van der Waals surface area contributed by atoms with Crippen molar-refractivity contribution in [1.29, 1.82) is 0 Å². The lowest BCUT2D eigenvalue weighted by atomic mass is 9.81. The molecule has 0 spiro atoms. The largest absolute Gasteiger partial charge is 0.309 e. The van der Waals surface area contributed by atoms with Crippen LogP contribution in [0.3, 0.4) is 0 Å². The summed E-state index contributed by atoms with van der Waals surface area (Å²) in [4.78, 5) is 0. The lowest BCUT2D eigenvalue weighted by Gasteiger charge is -2.32. The van der Waals surface area contributed by atoms with Crippen LogP contribution in [0, 0.1) is 11.3 Å². The minimum absolute atomic E-state index is 0.348. The number of nitrogens with one attached hydrogen (secondary N) is 1. The summed E-state index contributed by atoms with van der Waals surface area (Å²) in [5.41, 5.74) is 1.76. The summed E-state index contributed by atoms with van der Waals surface area (Å²) in [6.07, 6.45) is 2.42. The molecule has 0 fully saturated rings. The van der Waals surface area contributed by atoms with Crippen LogP contribution in [0.4, 0.5) is 0 Å². The maximum atomic E-state index is 3.76. The fraction of sp³-hybridized carbons (Fsp3) is 0.647. The van der Waals surface area contributed by atoms with Gasteiger partial charge in [0.2, 0.25) is 0 Å². The molecule has 1 atom stereocenters. The van der Waals surface area contributed by atoms with E-state index in [1.54, 1.807) is 0 Å². The fourth-order valence-electron chi connectivity index (χ4n) is 1.95. The van der Waals surface area contributed by atoms with Crippen LogP contribution >= 0.6 is 0 Å². The molecule has 0 aliphatic heterocycles. The van der Waals surface area contributed by atoms with Crippen LogP contribution in [-0.2, 0) is 0 Å². The van der Waals surface area contributed by atoms with Crippen LogP contribution in [0.1, 0.15) is 59.1 Å². The average molecular weight is 247 g/mol. The minimum Gasteiger partial charge on any atom is -0.309 e. The zero-order valence-corrected chi connectivity index (χ0v) is 12.7. The average Bonchev–Trinajstić information content (AvgIpc) is 2.35. The SMILES string of the molecule is CCCC(NCC(C)(C)C(C)C)c1ccccc1. The molecule has 1 N–H and O–H groups in total. The summed E-state index contributed by atoms with van der Waals surface area (Å²) in [6, 6.07) is 11.3. The van der Waals surface area contributed by atoms with E-state index in [0.29, 0.717) is 17.4 Å². The van der Waals surface area contributed by atoms with Gasteiger partial charge in [-0.2, -0.15) is 0 Å². The summed E-state index contributed by atoms with van der Waals surface area (Å²) in [6.45, 7) is 12.6. The highest BCUT2D eigenvalue weighted by molar-refractivity contribution is 5.18. The first kappa shape index (κ1) is 15.2.